The van der Waals surface area contributed by atoms with Gasteiger partial charge in [-0.1, -0.05) is 30.3 Å². The van der Waals surface area contributed by atoms with Crippen molar-refractivity contribution in [3.05, 3.63) is 35.9 Å². The van der Waals surface area contributed by atoms with Crippen molar-refractivity contribution in [2.45, 2.75) is 31.7 Å². The number of nitrogens with zero attached hydrogens (tertiary/aromatic N) is 1. The number of nitrogens with two attached hydrogens (primary N) is 1. The van der Waals surface area contributed by atoms with Crippen LogP contribution in [0.2, 0.25) is 0 Å². The highest BCUT2D eigenvalue weighted by Crippen LogP contribution is 2.23. The van der Waals surface area contributed by atoms with Gasteiger partial charge in [0.1, 0.15) is 6.04 Å². The Balaban J connectivity index is 2.15. The minimum absolute atomic E-state index is 0.0729. The average Bonchev–Trinajstić information content (AvgIpc) is 2.96. The Kier molecular flexibility index (Phi) is 5.14. The summed E-state index contributed by atoms with van der Waals surface area (Å²) in [6.07, 6.45) is 1.43. The van der Waals surface area contributed by atoms with Gasteiger partial charge in [0.2, 0.25) is 11.8 Å². The Bertz CT molecular complexity index is 559. The molecule has 1 aliphatic rings. The Morgan fingerprint density at radius 1 is 1.27 bits per heavy atom. The Morgan fingerprint density at radius 3 is 2.55 bits per heavy atom. The molecule has 2 atom stereocenters. The van der Waals surface area contributed by atoms with Crippen molar-refractivity contribution in [1.82, 2.24) is 4.90 Å². The second-order valence-electron chi connectivity index (χ2n) is 5.58. The van der Waals surface area contributed by atoms with E-state index in [0.717, 1.165) is 5.56 Å². The van der Waals surface area contributed by atoms with Gasteiger partial charge in [-0.25, -0.2) is 4.79 Å². The number of rotatable bonds is 6. The number of likely N-dealkylation sites (tertiary alicyclic amines) is 1. The fourth-order valence-electron chi connectivity index (χ4n) is 2.91. The van der Waals surface area contributed by atoms with E-state index < -0.39 is 23.8 Å². The first-order valence-electron chi connectivity index (χ1n) is 7.34. The van der Waals surface area contributed by atoms with Gasteiger partial charge in [-0.05, 0) is 24.8 Å². The van der Waals surface area contributed by atoms with Crippen LogP contribution in [-0.4, -0.2) is 40.4 Å². The molecular weight excluding hydrogens is 284 g/mol. The third-order valence-electron chi connectivity index (χ3n) is 3.94. The smallest absolute Gasteiger partial charge is 0.326 e. The highest BCUT2D eigenvalue weighted by atomic mass is 16.4. The number of carbonyl (C=O) groups is 3. The van der Waals surface area contributed by atoms with Gasteiger partial charge in [-0.2, -0.15) is 0 Å². The number of carboxylic acids is 1. The second-order valence-corrected chi connectivity index (χ2v) is 5.58. The SMILES string of the molecule is NC(=O)CC(Cc1ccccc1)C(=O)N1CCC[C@H]1C(=O)O. The van der Waals surface area contributed by atoms with E-state index in [1.807, 2.05) is 30.3 Å². The standard InChI is InChI=1S/C16H20N2O4/c17-14(19)10-12(9-11-5-2-1-3-6-11)15(20)18-8-4-7-13(18)16(21)22/h1-3,5-6,12-13H,4,7-10H2,(H2,17,19)(H,21,22)/t12?,13-/m0/s1. The number of carboxylic acid groups (broad SMARTS) is 1. The molecule has 2 amide bonds. The van der Waals surface area contributed by atoms with Crippen LogP contribution < -0.4 is 5.73 Å². The Morgan fingerprint density at radius 2 is 1.95 bits per heavy atom. The Labute approximate surface area is 128 Å². The monoisotopic (exact) mass is 304 g/mol. The van der Waals surface area contributed by atoms with E-state index in [0.29, 0.717) is 25.8 Å². The third kappa shape index (κ3) is 3.84. The van der Waals surface area contributed by atoms with Crippen molar-refractivity contribution in [3.63, 3.8) is 0 Å². The van der Waals surface area contributed by atoms with E-state index in [4.69, 9.17) is 5.73 Å². The first-order valence-corrected chi connectivity index (χ1v) is 7.34. The van der Waals surface area contributed by atoms with Gasteiger partial charge in [-0.15, -0.1) is 0 Å². The van der Waals surface area contributed by atoms with Crippen LogP contribution >= 0.6 is 0 Å². The van der Waals surface area contributed by atoms with E-state index in [-0.39, 0.29) is 12.3 Å². The molecule has 1 heterocycles. The molecule has 1 aromatic carbocycles. The molecule has 1 saturated heterocycles. The average molecular weight is 304 g/mol. The zero-order valence-corrected chi connectivity index (χ0v) is 12.3. The summed E-state index contributed by atoms with van der Waals surface area (Å²) in [5.74, 6) is -2.46. The van der Waals surface area contributed by atoms with Crippen molar-refractivity contribution < 1.29 is 19.5 Å². The van der Waals surface area contributed by atoms with Crippen molar-refractivity contribution in [2.75, 3.05) is 6.54 Å². The summed E-state index contributed by atoms with van der Waals surface area (Å²) in [4.78, 5) is 36.5. The summed E-state index contributed by atoms with van der Waals surface area (Å²) in [5, 5.41) is 9.20. The topological polar surface area (TPSA) is 101 Å². The fourth-order valence-corrected chi connectivity index (χ4v) is 2.91. The molecule has 1 aromatic rings. The molecule has 118 valence electrons. The molecule has 0 aliphatic carbocycles. The van der Waals surface area contributed by atoms with Crippen LogP contribution in [0.25, 0.3) is 0 Å². The van der Waals surface area contributed by atoms with Crippen LogP contribution in [0, 0.1) is 5.92 Å². The lowest BCUT2D eigenvalue weighted by Gasteiger charge is -2.26. The van der Waals surface area contributed by atoms with Crippen LogP contribution in [0.4, 0.5) is 0 Å². The molecule has 1 fully saturated rings. The van der Waals surface area contributed by atoms with Gasteiger partial charge in [0.15, 0.2) is 0 Å². The van der Waals surface area contributed by atoms with Crippen LogP contribution in [0.1, 0.15) is 24.8 Å². The molecular formula is C16H20N2O4. The molecule has 22 heavy (non-hydrogen) atoms. The summed E-state index contributed by atoms with van der Waals surface area (Å²) in [7, 11) is 0. The van der Waals surface area contributed by atoms with E-state index in [1.54, 1.807) is 0 Å². The summed E-state index contributed by atoms with van der Waals surface area (Å²) in [6, 6.07) is 8.54. The lowest BCUT2D eigenvalue weighted by molar-refractivity contribution is -0.150. The normalized spacial score (nSPS) is 18.9. The predicted octanol–water partition coefficient (Wildman–Crippen LogP) is 0.796. The molecule has 0 bridgehead atoms. The number of primary amides is 1. The molecule has 1 aliphatic heterocycles. The van der Waals surface area contributed by atoms with E-state index in [1.165, 1.54) is 4.90 Å². The highest BCUT2D eigenvalue weighted by Gasteiger charge is 2.37. The highest BCUT2D eigenvalue weighted by molar-refractivity contribution is 5.89. The molecule has 6 nitrogen and oxygen atoms in total. The number of hydrogen-bond donors (Lipinski definition) is 2. The molecule has 2 rings (SSSR count). The van der Waals surface area contributed by atoms with Crippen LogP contribution in [0.3, 0.4) is 0 Å². The summed E-state index contributed by atoms with van der Waals surface area (Å²) in [5.41, 5.74) is 6.18. The minimum atomic E-state index is -0.997. The quantitative estimate of drug-likeness (QED) is 0.811. The molecule has 6 heteroatoms. The summed E-state index contributed by atoms with van der Waals surface area (Å²) >= 11 is 0. The lowest BCUT2D eigenvalue weighted by atomic mass is 9.94. The van der Waals surface area contributed by atoms with Crippen molar-refractivity contribution in [2.24, 2.45) is 11.7 Å². The molecule has 0 saturated carbocycles. The van der Waals surface area contributed by atoms with Crippen LogP contribution in [-0.2, 0) is 20.8 Å². The van der Waals surface area contributed by atoms with E-state index in [2.05, 4.69) is 0 Å². The molecule has 0 aromatic heterocycles. The van der Waals surface area contributed by atoms with Gasteiger partial charge < -0.3 is 15.7 Å². The first kappa shape index (κ1) is 16.0. The number of carbonyl (C=O) groups excluding carboxylic acids is 2. The number of aliphatic carboxylic acids is 1. The number of hydrogen-bond acceptors (Lipinski definition) is 3. The van der Waals surface area contributed by atoms with Gasteiger partial charge in [0, 0.05) is 13.0 Å². The van der Waals surface area contributed by atoms with Crippen LogP contribution in [0.15, 0.2) is 30.3 Å². The van der Waals surface area contributed by atoms with Gasteiger partial charge in [0.25, 0.3) is 0 Å². The minimum Gasteiger partial charge on any atom is -0.480 e. The summed E-state index contributed by atoms with van der Waals surface area (Å²) in [6.45, 7) is 0.417. The molecule has 3 N–H and O–H groups in total. The Hall–Kier alpha value is -2.37. The largest absolute Gasteiger partial charge is 0.480 e. The van der Waals surface area contributed by atoms with Crippen molar-refractivity contribution in [3.8, 4) is 0 Å². The van der Waals surface area contributed by atoms with Crippen molar-refractivity contribution in [1.29, 1.82) is 0 Å². The number of benzene rings is 1. The van der Waals surface area contributed by atoms with E-state index in [9.17, 15) is 19.5 Å². The molecule has 1 unspecified atom stereocenters. The number of amides is 2. The predicted molar refractivity (Wildman–Crippen MR) is 79.8 cm³/mol. The van der Waals surface area contributed by atoms with E-state index >= 15 is 0 Å². The van der Waals surface area contributed by atoms with Crippen molar-refractivity contribution >= 4 is 17.8 Å². The maximum Gasteiger partial charge on any atom is 0.326 e. The lowest BCUT2D eigenvalue weighted by Crippen LogP contribution is -2.44. The molecule has 0 radical (unpaired) electrons. The first-order chi connectivity index (χ1) is 10.5. The zero-order chi connectivity index (χ0) is 16.1. The maximum absolute atomic E-state index is 12.7. The zero-order valence-electron chi connectivity index (χ0n) is 12.3. The fraction of sp³-hybridized carbons (Fsp3) is 0.438. The maximum atomic E-state index is 12.7. The van der Waals surface area contributed by atoms with Gasteiger partial charge in [-0.3, -0.25) is 9.59 Å². The molecule has 0 spiro atoms. The third-order valence-corrected chi connectivity index (χ3v) is 3.94. The van der Waals surface area contributed by atoms with Crippen LogP contribution in [0.5, 0.6) is 0 Å². The van der Waals surface area contributed by atoms with Gasteiger partial charge in [0.05, 0.1) is 5.92 Å². The summed E-state index contributed by atoms with van der Waals surface area (Å²) < 4.78 is 0. The second kappa shape index (κ2) is 7.06. The van der Waals surface area contributed by atoms with Gasteiger partial charge >= 0.3 is 5.97 Å².